The van der Waals surface area contributed by atoms with Crippen LogP contribution in [-0.4, -0.2) is 11.2 Å². The summed E-state index contributed by atoms with van der Waals surface area (Å²) in [6.45, 7) is 6.82. The minimum Gasteiger partial charge on any atom is -0.393 e. The number of hydrogen-bond acceptors (Lipinski definition) is 1. The molecule has 0 aliphatic heterocycles. The van der Waals surface area contributed by atoms with Crippen LogP contribution in [0.2, 0.25) is 0 Å². The topological polar surface area (TPSA) is 20.2 Å². The Morgan fingerprint density at radius 2 is 1.74 bits per heavy atom. The SMILES string of the molecule is Cc1ccccc1CCC(O)C1CC(C)CC(C)C1. The Bertz CT molecular complexity index is 388. The van der Waals surface area contributed by atoms with Crippen LogP contribution in [-0.2, 0) is 6.42 Å². The van der Waals surface area contributed by atoms with E-state index in [-0.39, 0.29) is 6.10 Å². The van der Waals surface area contributed by atoms with Gasteiger partial charge in [-0.25, -0.2) is 0 Å². The smallest absolute Gasteiger partial charge is 0.0571 e. The van der Waals surface area contributed by atoms with E-state index >= 15 is 0 Å². The minimum atomic E-state index is -0.121. The highest BCUT2D eigenvalue weighted by molar-refractivity contribution is 5.25. The molecule has 0 amide bonds. The molecule has 19 heavy (non-hydrogen) atoms. The quantitative estimate of drug-likeness (QED) is 0.852. The van der Waals surface area contributed by atoms with Crippen molar-refractivity contribution < 1.29 is 5.11 Å². The molecule has 2 rings (SSSR count). The largest absolute Gasteiger partial charge is 0.393 e. The van der Waals surface area contributed by atoms with Crippen molar-refractivity contribution in [2.24, 2.45) is 17.8 Å². The van der Waals surface area contributed by atoms with Gasteiger partial charge in [0.05, 0.1) is 6.10 Å². The third kappa shape index (κ3) is 4.07. The van der Waals surface area contributed by atoms with Crippen molar-refractivity contribution >= 4 is 0 Å². The molecule has 1 aliphatic rings. The predicted octanol–water partition coefficient (Wildman–Crippen LogP) is 4.36. The van der Waals surface area contributed by atoms with Gasteiger partial charge in [0.1, 0.15) is 0 Å². The van der Waals surface area contributed by atoms with E-state index in [1.165, 1.54) is 30.4 Å². The van der Waals surface area contributed by atoms with Gasteiger partial charge in [-0.2, -0.15) is 0 Å². The van der Waals surface area contributed by atoms with Gasteiger partial charge in [-0.15, -0.1) is 0 Å². The molecule has 0 aromatic heterocycles. The molecular formula is C18H28O. The van der Waals surface area contributed by atoms with Crippen molar-refractivity contribution in [2.75, 3.05) is 0 Å². The van der Waals surface area contributed by atoms with Crippen LogP contribution in [0.3, 0.4) is 0 Å². The van der Waals surface area contributed by atoms with Crippen molar-refractivity contribution in [1.82, 2.24) is 0 Å². The molecule has 106 valence electrons. The van der Waals surface area contributed by atoms with E-state index in [0.29, 0.717) is 5.92 Å². The summed E-state index contributed by atoms with van der Waals surface area (Å²) in [6.07, 6.45) is 5.55. The highest BCUT2D eigenvalue weighted by atomic mass is 16.3. The zero-order valence-electron chi connectivity index (χ0n) is 12.6. The summed E-state index contributed by atoms with van der Waals surface area (Å²) in [5.74, 6) is 2.08. The average molecular weight is 260 g/mol. The molecule has 0 radical (unpaired) electrons. The molecule has 1 aromatic rings. The lowest BCUT2D eigenvalue weighted by Crippen LogP contribution is -2.29. The molecule has 0 bridgehead atoms. The zero-order valence-corrected chi connectivity index (χ0v) is 12.6. The van der Waals surface area contributed by atoms with Crippen LogP contribution in [0.5, 0.6) is 0 Å². The summed E-state index contributed by atoms with van der Waals surface area (Å²) in [7, 11) is 0. The van der Waals surface area contributed by atoms with E-state index < -0.39 is 0 Å². The molecule has 1 saturated carbocycles. The third-order valence-corrected chi connectivity index (χ3v) is 4.73. The van der Waals surface area contributed by atoms with E-state index in [4.69, 9.17) is 0 Å². The molecule has 0 spiro atoms. The molecule has 1 nitrogen and oxygen atoms in total. The van der Waals surface area contributed by atoms with Crippen LogP contribution >= 0.6 is 0 Å². The van der Waals surface area contributed by atoms with Gasteiger partial charge in [0.2, 0.25) is 0 Å². The second kappa shape index (κ2) is 6.56. The first kappa shape index (κ1) is 14.6. The van der Waals surface area contributed by atoms with Gasteiger partial charge in [0.15, 0.2) is 0 Å². The minimum absolute atomic E-state index is 0.121. The highest BCUT2D eigenvalue weighted by Gasteiger charge is 2.28. The number of aliphatic hydroxyl groups is 1. The van der Waals surface area contributed by atoms with E-state index in [9.17, 15) is 5.11 Å². The van der Waals surface area contributed by atoms with Crippen LogP contribution in [0.4, 0.5) is 0 Å². The highest BCUT2D eigenvalue weighted by Crippen LogP contribution is 2.35. The van der Waals surface area contributed by atoms with Crippen molar-refractivity contribution in [2.45, 2.75) is 59.0 Å². The second-order valence-electron chi connectivity index (χ2n) is 6.71. The van der Waals surface area contributed by atoms with Gasteiger partial charge >= 0.3 is 0 Å². The van der Waals surface area contributed by atoms with Crippen LogP contribution in [0.15, 0.2) is 24.3 Å². The molecule has 1 fully saturated rings. The Balaban J connectivity index is 1.87. The van der Waals surface area contributed by atoms with Crippen molar-refractivity contribution in [3.63, 3.8) is 0 Å². The molecular weight excluding hydrogens is 232 g/mol. The van der Waals surface area contributed by atoms with E-state index in [0.717, 1.165) is 24.7 Å². The van der Waals surface area contributed by atoms with Gasteiger partial charge < -0.3 is 5.11 Å². The van der Waals surface area contributed by atoms with Gasteiger partial charge in [0.25, 0.3) is 0 Å². The number of aliphatic hydroxyl groups excluding tert-OH is 1. The van der Waals surface area contributed by atoms with Crippen LogP contribution in [0.25, 0.3) is 0 Å². The summed E-state index contributed by atoms with van der Waals surface area (Å²) in [5.41, 5.74) is 2.73. The first-order valence-corrected chi connectivity index (χ1v) is 7.78. The van der Waals surface area contributed by atoms with Gasteiger partial charge in [-0.05, 0) is 67.9 Å². The van der Waals surface area contributed by atoms with Crippen LogP contribution < -0.4 is 0 Å². The Labute approximate surface area is 118 Å². The van der Waals surface area contributed by atoms with E-state index in [2.05, 4.69) is 45.0 Å². The summed E-state index contributed by atoms with van der Waals surface area (Å²) < 4.78 is 0. The molecule has 0 heterocycles. The molecule has 1 aromatic carbocycles. The van der Waals surface area contributed by atoms with Gasteiger partial charge in [-0.3, -0.25) is 0 Å². The molecule has 3 unspecified atom stereocenters. The molecule has 1 heteroatoms. The van der Waals surface area contributed by atoms with Crippen molar-refractivity contribution in [3.05, 3.63) is 35.4 Å². The first-order valence-electron chi connectivity index (χ1n) is 7.78. The summed E-state index contributed by atoms with van der Waals surface area (Å²) in [6, 6.07) is 8.53. The van der Waals surface area contributed by atoms with Crippen molar-refractivity contribution in [1.29, 1.82) is 0 Å². The van der Waals surface area contributed by atoms with E-state index in [1.807, 2.05) is 0 Å². The fourth-order valence-electron chi connectivity index (χ4n) is 3.75. The number of benzene rings is 1. The number of rotatable bonds is 4. The Morgan fingerprint density at radius 1 is 1.11 bits per heavy atom. The second-order valence-corrected chi connectivity index (χ2v) is 6.71. The molecule has 1 aliphatic carbocycles. The summed E-state index contributed by atoms with van der Waals surface area (Å²) >= 11 is 0. The van der Waals surface area contributed by atoms with Gasteiger partial charge in [0, 0.05) is 0 Å². The fraction of sp³-hybridized carbons (Fsp3) is 0.667. The van der Waals surface area contributed by atoms with Crippen molar-refractivity contribution in [3.8, 4) is 0 Å². The first-order chi connectivity index (χ1) is 9.06. The monoisotopic (exact) mass is 260 g/mol. The number of aryl methyl sites for hydroxylation is 2. The molecule has 0 saturated heterocycles. The molecule has 3 atom stereocenters. The van der Waals surface area contributed by atoms with Gasteiger partial charge in [-0.1, -0.05) is 38.1 Å². The lowest BCUT2D eigenvalue weighted by Gasteiger charge is -2.34. The zero-order chi connectivity index (χ0) is 13.8. The Hall–Kier alpha value is -0.820. The van der Waals surface area contributed by atoms with Crippen LogP contribution in [0, 0.1) is 24.7 Å². The number of hydrogen-bond donors (Lipinski definition) is 1. The maximum absolute atomic E-state index is 10.5. The maximum Gasteiger partial charge on any atom is 0.0571 e. The van der Waals surface area contributed by atoms with E-state index in [1.54, 1.807) is 0 Å². The normalized spacial score (nSPS) is 29.2. The summed E-state index contributed by atoms with van der Waals surface area (Å²) in [5, 5.41) is 10.5. The average Bonchev–Trinajstić information content (AvgIpc) is 2.36. The van der Waals surface area contributed by atoms with Crippen LogP contribution in [0.1, 0.15) is 50.7 Å². The Kier molecular flexibility index (Phi) is 5.04. The lowest BCUT2D eigenvalue weighted by atomic mass is 9.73. The fourth-order valence-corrected chi connectivity index (χ4v) is 3.75. The molecule has 1 N–H and O–H groups in total. The maximum atomic E-state index is 10.5. The Morgan fingerprint density at radius 3 is 2.37 bits per heavy atom. The summed E-state index contributed by atoms with van der Waals surface area (Å²) in [4.78, 5) is 0. The standard InChI is InChI=1S/C18H28O/c1-13-10-14(2)12-17(11-13)18(19)9-8-16-7-5-4-6-15(16)3/h4-7,13-14,17-19H,8-12H2,1-3H3. The predicted molar refractivity (Wildman–Crippen MR) is 81.2 cm³/mol. The lowest BCUT2D eigenvalue weighted by molar-refractivity contribution is 0.0500. The third-order valence-electron chi connectivity index (χ3n) is 4.73.